The molecule has 1 atom stereocenters. The standard InChI is InChI=1S/C14H25NO4S/c1-9(20)12(16)18-11-7-5-10(6-8-11)15-13(17)19-14(2,3)4/h9-11,20H,5-8H2,1-4H3,(H,15,17). The van der Waals surface area contributed by atoms with E-state index in [0.717, 1.165) is 25.7 Å². The molecule has 1 rings (SSSR count). The Balaban J connectivity index is 2.29. The molecule has 5 nitrogen and oxygen atoms in total. The van der Waals surface area contributed by atoms with Gasteiger partial charge < -0.3 is 14.8 Å². The normalized spacial score (nSPS) is 24.6. The largest absolute Gasteiger partial charge is 0.462 e. The van der Waals surface area contributed by atoms with Crippen LogP contribution < -0.4 is 5.32 Å². The Bertz CT molecular complexity index is 344. The van der Waals surface area contributed by atoms with E-state index < -0.39 is 10.9 Å². The third-order valence-electron chi connectivity index (χ3n) is 3.02. The van der Waals surface area contributed by atoms with Gasteiger partial charge in [0.25, 0.3) is 0 Å². The van der Waals surface area contributed by atoms with Gasteiger partial charge in [-0.1, -0.05) is 0 Å². The fourth-order valence-corrected chi connectivity index (χ4v) is 2.12. The number of thiol groups is 1. The lowest BCUT2D eigenvalue weighted by molar-refractivity contribution is -0.149. The van der Waals surface area contributed by atoms with Gasteiger partial charge in [-0.15, -0.1) is 0 Å². The first-order valence-electron chi connectivity index (χ1n) is 7.05. The van der Waals surface area contributed by atoms with Gasteiger partial charge in [0.15, 0.2) is 0 Å². The van der Waals surface area contributed by atoms with Crippen LogP contribution in [0, 0.1) is 0 Å². The molecule has 0 radical (unpaired) electrons. The van der Waals surface area contributed by atoms with Crippen molar-refractivity contribution in [1.29, 1.82) is 0 Å². The number of carbonyl (C=O) groups excluding carboxylic acids is 2. The van der Waals surface area contributed by atoms with Crippen LogP contribution in [0.3, 0.4) is 0 Å². The van der Waals surface area contributed by atoms with Crippen molar-refractivity contribution in [3.05, 3.63) is 0 Å². The van der Waals surface area contributed by atoms with E-state index in [9.17, 15) is 9.59 Å². The molecule has 0 aromatic heterocycles. The molecule has 1 aliphatic carbocycles. The van der Waals surface area contributed by atoms with E-state index in [4.69, 9.17) is 9.47 Å². The molecule has 0 aromatic carbocycles. The van der Waals surface area contributed by atoms with Gasteiger partial charge in [0.2, 0.25) is 0 Å². The summed E-state index contributed by atoms with van der Waals surface area (Å²) in [6.07, 6.45) is 2.64. The average molecular weight is 303 g/mol. The maximum Gasteiger partial charge on any atom is 0.407 e. The SMILES string of the molecule is CC(S)C(=O)OC1CCC(NC(=O)OC(C)(C)C)CC1. The molecule has 1 aliphatic rings. The van der Waals surface area contributed by atoms with Crippen molar-refractivity contribution in [1.82, 2.24) is 5.32 Å². The van der Waals surface area contributed by atoms with Crippen LogP contribution in [0.25, 0.3) is 0 Å². The summed E-state index contributed by atoms with van der Waals surface area (Å²) in [6, 6.07) is 0.0910. The fraction of sp³-hybridized carbons (Fsp3) is 0.857. The van der Waals surface area contributed by atoms with Crippen molar-refractivity contribution in [2.75, 3.05) is 0 Å². The highest BCUT2D eigenvalue weighted by molar-refractivity contribution is 7.81. The fourth-order valence-electron chi connectivity index (χ4n) is 2.06. The first kappa shape index (κ1) is 17.1. The molecule has 0 aliphatic heterocycles. The van der Waals surface area contributed by atoms with E-state index in [1.165, 1.54) is 0 Å². The Labute approximate surface area is 126 Å². The van der Waals surface area contributed by atoms with E-state index in [1.54, 1.807) is 6.92 Å². The van der Waals surface area contributed by atoms with E-state index in [0.29, 0.717) is 0 Å². The first-order chi connectivity index (χ1) is 9.17. The summed E-state index contributed by atoms with van der Waals surface area (Å²) in [5.41, 5.74) is -0.487. The average Bonchev–Trinajstić information content (AvgIpc) is 2.28. The van der Waals surface area contributed by atoms with E-state index in [1.807, 2.05) is 20.8 Å². The highest BCUT2D eigenvalue weighted by Gasteiger charge is 2.27. The minimum absolute atomic E-state index is 0.0613. The number of hydrogen-bond donors (Lipinski definition) is 2. The van der Waals surface area contributed by atoms with Gasteiger partial charge in [0.1, 0.15) is 11.7 Å². The van der Waals surface area contributed by atoms with Crippen LogP contribution in [0.15, 0.2) is 0 Å². The number of ether oxygens (including phenoxy) is 2. The van der Waals surface area contributed by atoms with Gasteiger partial charge in [-0.25, -0.2) is 4.79 Å². The third-order valence-corrected chi connectivity index (χ3v) is 3.23. The summed E-state index contributed by atoms with van der Waals surface area (Å²) < 4.78 is 10.5. The minimum Gasteiger partial charge on any atom is -0.462 e. The second-order valence-corrected chi connectivity index (χ2v) is 7.01. The zero-order valence-electron chi connectivity index (χ0n) is 12.6. The van der Waals surface area contributed by atoms with Crippen molar-refractivity contribution >= 4 is 24.7 Å². The van der Waals surface area contributed by atoms with Crippen molar-refractivity contribution in [2.24, 2.45) is 0 Å². The minimum atomic E-state index is -0.487. The third kappa shape index (κ3) is 6.50. The van der Waals surface area contributed by atoms with Gasteiger partial charge >= 0.3 is 12.1 Å². The molecule has 1 fully saturated rings. The number of hydrogen-bond acceptors (Lipinski definition) is 5. The number of carbonyl (C=O) groups is 2. The second-order valence-electron chi connectivity index (χ2n) is 6.23. The Morgan fingerprint density at radius 1 is 1.20 bits per heavy atom. The molecule has 1 saturated carbocycles. The van der Waals surface area contributed by atoms with Crippen LogP contribution in [0.2, 0.25) is 0 Å². The maximum atomic E-state index is 11.6. The lowest BCUT2D eigenvalue weighted by Crippen LogP contribution is -2.42. The topological polar surface area (TPSA) is 64.6 Å². The number of amides is 1. The Kier molecular flexibility index (Phi) is 6.17. The molecule has 6 heteroatoms. The molecule has 1 unspecified atom stereocenters. The molecule has 116 valence electrons. The van der Waals surface area contributed by atoms with Gasteiger partial charge in [-0.2, -0.15) is 12.6 Å². The highest BCUT2D eigenvalue weighted by Crippen LogP contribution is 2.22. The monoisotopic (exact) mass is 303 g/mol. The molecular formula is C14H25NO4S. The van der Waals surface area contributed by atoms with E-state index >= 15 is 0 Å². The molecule has 20 heavy (non-hydrogen) atoms. The Hall–Kier alpha value is -0.910. The van der Waals surface area contributed by atoms with Crippen LogP contribution in [0.4, 0.5) is 4.79 Å². The summed E-state index contributed by atoms with van der Waals surface area (Å²) in [7, 11) is 0. The van der Waals surface area contributed by atoms with Gasteiger partial charge in [-0.3, -0.25) is 4.79 Å². The lowest BCUT2D eigenvalue weighted by atomic mass is 9.93. The van der Waals surface area contributed by atoms with Crippen LogP contribution >= 0.6 is 12.6 Å². The predicted octanol–water partition coefficient (Wildman–Crippen LogP) is 2.68. The number of esters is 1. The van der Waals surface area contributed by atoms with Crippen molar-refractivity contribution in [3.63, 3.8) is 0 Å². The molecule has 0 saturated heterocycles. The van der Waals surface area contributed by atoms with Crippen molar-refractivity contribution < 1.29 is 19.1 Å². The zero-order chi connectivity index (χ0) is 15.3. The van der Waals surface area contributed by atoms with Crippen LogP contribution in [0.1, 0.15) is 53.4 Å². The number of rotatable bonds is 3. The van der Waals surface area contributed by atoms with Crippen LogP contribution in [-0.4, -0.2) is 35.1 Å². The Morgan fingerprint density at radius 3 is 2.20 bits per heavy atom. The molecule has 0 bridgehead atoms. The van der Waals surface area contributed by atoms with E-state index in [2.05, 4.69) is 17.9 Å². The second kappa shape index (κ2) is 7.20. The van der Waals surface area contributed by atoms with Crippen molar-refractivity contribution in [2.45, 2.75) is 76.4 Å². The first-order valence-corrected chi connectivity index (χ1v) is 7.57. The molecule has 1 N–H and O–H groups in total. The molecular weight excluding hydrogens is 278 g/mol. The van der Waals surface area contributed by atoms with E-state index in [-0.39, 0.29) is 24.2 Å². The molecule has 1 amide bonds. The van der Waals surface area contributed by atoms with Crippen molar-refractivity contribution in [3.8, 4) is 0 Å². The summed E-state index contributed by atoms with van der Waals surface area (Å²) in [4.78, 5) is 23.1. The van der Waals surface area contributed by atoms with Gasteiger partial charge in [0.05, 0.1) is 5.25 Å². The van der Waals surface area contributed by atoms with Gasteiger partial charge in [0, 0.05) is 6.04 Å². The zero-order valence-corrected chi connectivity index (χ0v) is 13.5. The molecule has 0 spiro atoms. The summed E-state index contributed by atoms with van der Waals surface area (Å²) >= 11 is 4.05. The van der Waals surface area contributed by atoms with Crippen LogP contribution in [0.5, 0.6) is 0 Å². The number of nitrogens with one attached hydrogen (secondary N) is 1. The lowest BCUT2D eigenvalue weighted by Gasteiger charge is -2.30. The quantitative estimate of drug-likeness (QED) is 0.621. The Morgan fingerprint density at radius 2 is 1.75 bits per heavy atom. The summed E-state index contributed by atoms with van der Waals surface area (Å²) in [5.74, 6) is -0.281. The smallest absolute Gasteiger partial charge is 0.407 e. The summed E-state index contributed by atoms with van der Waals surface area (Å²) in [6.45, 7) is 7.20. The highest BCUT2D eigenvalue weighted by atomic mass is 32.1. The van der Waals surface area contributed by atoms with Crippen LogP contribution in [-0.2, 0) is 14.3 Å². The summed E-state index contributed by atoms with van der Waals surface area (Å²) in [5, 5.41) is 2.46. The predicted molar refractivity (Wildman–Crippen MR) is 80.0 cm³/mol. The molecule has 0 heterocycles. The number of alkyl carbamates (subject to hydrolysis) is 1. The molecule has 0 aromatic rings. The maximum absolute atomic E-state index is 11.6. The van der Waals surface area contributed by atoms with Gasteiger partial charge in [-0.05, 0) is 53.4 Å².